The van der Waals surface area contributed by atoms with Gasteiger partial charge in [-0.15, -0.1) is 22.7 Å². The number of rotatable bonds is 9. The van der Waals surface area contributed by atoms with E-state index in [2.05, 4.69) is 467 Å². The normalized spacial score (nSPS) is 13.2. The summed E-state index contributed by atoms with van der Waals surface area (Å²) in [5.41, 5.74) is 34.5. The highest BCUT2D eigenvalue weighted by Crippen LogP contribution is 2.58. The molecule has 0 fully saturated rings. The first kappa shape index (κ1) is 81.0. The number of hydrogen-bond acceptors (Lipinski definition) is 5. The van der Waals surface area contributed by atoms with Crippen molar-refractivity contribution in [3.63, 3.8) is 0 Å². The van der Waals surface area contributed by atoms with Crippen molar-refractivity contribution in [2.45, 2.75) is 131 Å². The Morgan fingerprint density at radius 3 is 1.36 bits per heavy atom. The van der Waals surface area contributed by atoms with Crippen molar-refractivity contribution in [2.24, 2.45) is 0 Å². The Kier molecular flexibility index (Phi) is 18.0. The van der Waals surface area contributed by atoms with E-state index in [0.29, 0.717) is 5.56 Å². The molecule has 0 aliphatic carbocycles. The number of benzene rings is 17. The molecule has 9 heteroatoms. The van der Waals surface area contributed by atoms with Gasteiger partial charge in [-0.3, -0.25) is 0 Å². The number of nitrogens with zero attached hydrogens (tertiary/aromatic N) is 6. The maximum absolute atomic E-state index is 11.1. The summed E-state index contributed by atoms with van der Waals surface area (Å²) in [6.45, 7) is 34.9. The van der Waals surface area contributed by atoms with Crippen molar-refractivity contribution in [1.29, 1.82) is 5.26 Å². The summed E-state index contributed by atoms with van der Waals surface area (Å²) in [6.07, 6.45) is 0. The second-order valence-electron chi connectivity index (χ2n) is 42.0. The van der Waals surface area contributed by atoms with Crippen molar-refractivity contribution < 1.29 is 0 Å². The first-order valence-electron chi connectivity index (χ1n) is 46.5. The molecule has 0 spiro atoms. The molecule has 638 valence electrons. The molecule has 0 bridgehead atoms. The molecular weight excluding hydrogens is 1640 g/mol. The van der Waals surface area contributed by atoms with E-state index >= 15 is 0 Å². The predicted octanol–water partition coefficient (Wildman–Crippen LogP) is 32.8. The van der Waals surface area contributed by atoms with Gasteiger partial charge in [0, 0.05) is 107 Å². The van der Waals surface area contributed by atoms with Crippen LogP contribution in [0.5, 0.6) is 0 Å². The second-order valence-corrected chi connectivity index (χ2v) is 44.1. The van der Waals surface area contributed by atoms with Crippen LogP contribution >= 0.6 is 22.7 Å². The second kappa shape index (κ2) is 29.4. The van der Waals surface area contributed by atoms with Crippen molar-refractivity contribution in [3.8, 4) is 67.6 Å². The number of para-hydroxylation sites is 5. The van der Waals surface area contributed by atoms with Crippen molar-refractivity contribution in [3.05, 3.63) is 373 Å². The van der Waals surface area contributed by atoms with Crippen LogP contribution in [-0.4, -0.2) is 20.4 Å². The largest absolute Gasteiger partial charge is 0.309 e. The molecule has 0 radical (unpaired) electrons. The molecule has 2 aliphatic heterocycles. The molecule has 0 N–H and O–H groups in total. The Bertz CT molecular complexity index is 8580. The van der Waals surface area contributed by atoms with Crippen LogP contribution in [0.3, 0.4) is 0 Å². The topological polar surface area (TPSA) is 45.1 Å². The lowest BCUT2D eigenvalue weighted by molar-refractivity contribution is 0.569. The first-order chi connectivity index (χ1) is 63.6. The summed E-state index contributed by atoms with van der Waals surface area (Å²) in [4.78, 5) is 5.53. The summed E-state index contributed by atoms with van der Waals surface area (Å²) < 4.78 is 12.7. The predicted molar refractivity (Wildman–Crippen MR) is 569 cm³/mol. The minimum atomic E-state index is -0.404. The third-order valence-electron chi connectivity index (χ3n) is 28.6. The number of nitriles is 1. The zero-order valence-electron chi connectivity index (χ0n) is 77.4. The zero-order chi connectivity index (χ0) is 90.2. The third kappa shape index (κ3) is 12.7. The fourth-order valence-corrected chi connectivity index (χ4v) is 24.0. The molecule has 0 saturated heterocycles. The number of fused-ring (bicyclic) bond motifs is 19. The van der Waals surface area contributed by atoms with Crippen LogP contribution in [0.1, 0.15) is 137 Å². The molecule has 22 aromatic rings. The molecule has 24 rings (SSSR count). The first-order valence-corrected chi connectivity index (χ1v) is 48.1. The van der Waals surface area contributed by atoms with Crippen LogP contribution < -0.4 is 26.2 Å². The van der Waals surface area contributed by atoms with E-state index in [-0.39, 0.29) is 27.1 Å². The van der Waals surface area contributed by atoms with Crippen molar-refractivity contribution >= 4 is 186 Å². The fraction of sp³-hybridized carbons (Fsp3) is 0.163. The summed E-state index contributed by atoms with van der Waals surface area (Å²) >= 11 is 3.77. The Labute approximate surface area is 780 Å². The summed E-state index contributed by atoms with van der Waals surface area (Å²) in [5, 5.41) is 23.0. The maximum atomic E-state index is 11.1. The Morgan fingerprint density at radius 2 is 0.727 bits per heavy atom. The molecule has 7 heterocycles. The maximum Gasteiger partial charge on any atom is 0.252 e. The van der Waals surface area contributed by atoms with E-state index in [1.165, 1.54) is 112 Å². The standard InChI is InChI=1S/C123H101BN6S2/c1-119(2,3)79-52-58-104-95(66-79)94-59-73(72-125)47-56-103(94)126(104)84-70-108-116-109(71-84)130(118-96(92-39-30-46-112-115(92)93-54-51-80(120(4,5)6)69-114(93)132-112)67-83(123(13,14)15)68-110(118)128-101-42-26-21-35-88(101)89-36-22-27-43-102(89)128)107-63-76(74-31-17-16-18-32-74)49-55-97(107)124(116)98-62-75(78-60-81(121(7,8)9)65-82(61-78)122(10,11)12)50-57-105(98)129(108)117-85(77-48-53-91-90-37-23-28-45-111(90)131-113(91)64-77)38-29-44-106(117)127-99-40-24-19-33-86(99)87-34-20-25-41-100(87)127/h16-71H,1-15H3. The van der Waals surface area contributed by atoms with Gasteiger partial charge in [0.2, 0.25) is 0 Å². The minimum Gasteiger partial charge on any atom is -0.309 e. The average Bonchev–Trinajstić information content (AvgIpc) is 0.963. The van der Waals surface area contributed by atoms with E-state index < -0.39 is 6.71 Å². The third-order valence-corrected chi connectivity index (χ3v) is 30.8. The highest BCUT2D eigenvalue weighted by molar-refractivity contribution is 7.26. The molecule has 0 amide bonds. The van der Waals surface area contributed by atoms with Gasteiger partial charge in [0.25, 0.3) is 6.71 Å². The smallest absolute Gasteiger partial charge is 0.252 e. The van der Waals surface area contributed by atoms with E-state index in [0.717, 1.165) is 134 Å². The molecule has 5 aromatic heterocycles. The van der Waals surface area contributed by atoms with Gasteiger partial charge in [0.05, 0.1) is 73.2 Å². The Hall–Kier alpha value is -14.3. The minimum absolute atomic E-state index is 0.0774. The van der Waals surface area contributed by atoms with Gasteiger partial charge in [-0.1, -0.05) is 322 Å². The molecule has 17 aromatic carbocycles. The van der Waals surface area contributed by atoms with E-state index in [1.54, 1.807) is 0 Å². The van der Waals surface area contributed by atoms with Gasteiger partial charge in [-0.25, -0.2) is 0 Å². The Balaban J connectivity index is 0.933. The lowest BCUT2D eigenvalue weighted by atomic mass is 9.33. The molecule has 2 aliphatic rings. The van der Waals surface area contributed by atoms with E-state index in [1.807, 2.05) is 28.7 Å². The van der Waals surface area contributed by atoms with Crippen LogP contribution in [0.2, 0.25) is 0 Å². The number of hydrogen-bond donors (Lipinski definition) is 0. The molecule has 6 nitrogen and oxygen atoms in total. The van der Waals surface area contributed by atoms with Crippen LogP contribution in [0.25, 0.3) is 167 Å². The quantitative estimate of drug-likeness (QED) is 0.135. The SMILES string of the molecule is CC(C)(C)c1cc(-c2ccc3c(c2)B2c4ccc(-c5ccccc5)cc4N(c4c(-c5cccc6sc7cc(C(C)(C)C)ccc7c56)cc(C(C)(C)C)cc4-n4c5ccccc5c5ccccc54)c4cc(-n5c6ccc(C#N)cc6c6cc(C(C)(C)C)ccc65)cc(c42)N3c2c(-c3ccc4c(c3)sc3ccccc34)cccc2-n2c3ccccc3c3ccccc32)cc(C(C)(C)C)c1. The molecule has 0 saturated carbocycles. The van der Waals surface area contributed by atoms with Crippen LogP contribution in [-0.2, 0) is 27.1 Å². The van der Waals surface area contributed by atoms with Gasteiger partial charge in [0.15, 0.2) is 0 Å². The van der Waals surface area contributed by atoms with Gasteiger partial charge in [-0.2, -0.15) is 5.26 Å². The summed E-state index contributed by atoms with van der Waals surface area (Å²) in [7, 11) is 0. The number of thiophene rings is 2. The molecule has 0 unspecified atom stereocenters. The van der Waals surface area contributed by atoms with Crippen LogP contribution in [0, 0.1) is 11.3 Å². The molecule has 132 heavy (non-hydrogen) atoms. The van der Waals surface area contributed by atoms with Crippen molar-refractivity contribution in [2.75, 3.05) is 9.80 Å². The van der Waals surface area contributed by atoms with Crippen molar-refractivity contribution in [1.82, 2.24) is 13.7 Å². The van der Waals surface area contributed by atoms with Gasteiger partial charge < -0.3 is 23.5 Å². The van der Waals surface area contributed by atoms with Gasteiger partial charge in [0.1, 0.15) is 0 Å². The molecular formula is C123H101BN6S2. The van der Waals surface area contributed by atoms with Crippen LogP contribution in [0.4, 0.5) is 34.1 Å². The Morgan fingerprint density at radius 1 is 0.250 bits per heavy atom. The van der Waals surface area contributed by atoms with Gasteiger partial charge >= 0.3 is 0 Å². The monoisotopic (exact) mass is 1740 g/mol. The highest BCUT2D eigenvalue weighted by Gasteiger charge is 2.47. The summed E-state index contributed by atoms with van der Waals surface area (Å²) in [5.74, 6) is 0. The summed E-state index contributed by atoms with van der Waals surface area (Å²) in [6, 6.07) is 134. The van der Waals surface area contributed by atoms with E-state index in [9.17, 15) is 5.26 Å². The number of anilines is 6. The fourth-order valence-electron chi connectivity index (χ4n) is 21.7. The van der Waals surface area contributed by atoms with E-state index in [4.69, 9.17) is 0 Å². The van der Waals surface area contributed by atoms with Gasteiger partial charge in [-0.05, 0) is 226 Å². The molecule has 0 atom stereocenters. The average molecular weight is 1740 g/mol. The zero-order valence-corrected chi connectivity index (χ0v) is 79.0. The highest BCUT2D eigenvalue weighted by atomic mass is 32.1. The van der Waals surface area contributed by atoms with Crippen LogP contribution in [0.15, 0.2) is 340 Å². The lowest BCUT2D eigenvalue weighted by Gasteiger charge is -2.46. The lowest BCUT2D eigenvalue weighted by Crippen LogP contribution is -2.61. The number of aromatic nitrogens is 3.